The van der Waals surface area contributed by atoms with E-state index in [1.165, 1.54) is 16.3 Å². The van der Waals surface area contributed by atoms with Gasteiger partial charge in [-0.25, -0.2) is 0 Å². The smallest absolute Gasteiger partial charge is 0.253 e. The number of hydrogen-bond donors (Lipinski definition) is 1. The molecule has 0 saturated heterocycles. The maximum Gasteiger partial charge on any atom is 0.253 e. The number of alkyl halides is 2. The van der Waals surface area contributed by atoms with Crippen molar-refractivity contribution < 1.29 is 4.79 Å². The number of benzene rings is 2. The van der Waals surface area contributed by atoms with Crippen LogP contribution in [0, 0.1) is 0 Å². The van der Waals surface area contributed by atoms with Crippen LogP contribution in [-0.2, 0) is 11.2 Å². The maximum absolute atomic E-state index is 11.2. The van der Waals surface area contributed by atoms with Gasteiger partial charge < -0.3 is 5.32 Å². The van der Waals surface area contributed by atoms with E-state index < -0.39 is 4.84 Å². The van der Waals surface area contributed by atoms with Gasteiger partial charge in [0.25, 0.3) is 5.91 Å². The maximum atomic E-state index is 11.2. The lowest BCUT2D eigenvalue weighted by Crippen LogP contribution is -2.30. The van der Waals surface area contributed by atoms with Gasteiger partial charge in [-0.05, 0) is 22.8 Å². The van der Waals surface area contributed by atoms with Crippen molar-refractivity contribution in [2.75, 3.05) is 6.54 Å². The Morgan fingerprint density at radius 2 is 1.83 bits per heavy atom. The molecule has 0 atom stereocenters. The van der Waals surface area contributed by atoms with Crippen LogP contribution in [0.5, 0.6) is 0 Å². The standard InChI is InChI=1S/C14H13Cl2NO/c15-13(16)14(18)17-9-8-11-6-3-5-10-4-1-2-7-12(10)11/h1-7,13H,8-9H2,(H,17,18). The third-order valence-corrected chi connectivity index (χ3v) is 3.17. The highest BCUT2D eigenvalue weighted by Gasteiger charge is 2.10. The summed E-state index contributed by atoms with van der Waals surface area (Å²) in [5, 5.41) is 5.11. The predicted octanol–water partition coefficient (Wildman–Crippen LogP) is 3.30. The Balaban J connectivity index is 2.06. The SMILES string of the molecule is O=C(NCCc1cccc2ccccc12)C(Cl)Cl. The van der Waals surface area contributed by atoms with Gasteiger partial charge >= 0.3 is 0 Å². The first kappa shape index (κ1) is 13.2. The van der Waals surface area contributed by atoms with Gasteiger partial charge in [0.1, 0.15) is 0 Å². The van der Waals surface area contributed by atoms with Gasteiger partial charge in [0.05, 0.1) is 0 Å². The highest BCUT2D eigenvalue weighted by Crippen LogP contribution is 2.18. The average molecular weight is 282 g/mol. The van der Waals surface area contributed by atoms with Crippen LogP contribution in [0.2, 0.25) is 0 Å². The molecule has 1 amide bonds. The summed E-state index contributed by atoms with van der Waals surface area (Å²) in [4.78, 5) is 10.2. The lowest BCUT2D eigenvalue weighted by molar-refractivity contribution is -0.119. The lowest BCUT2D eigenvalue weighted by atomic mass is 10.0. The quantitative estimate of drug-likeness (QED) is 0.856. The van der Waals surface area contributed by atoms with Crippen molar-refractivity contribution >= 4 is 39.9 Å². The summed E-state index contributed by atoms with van der Waals surface area (Å²) >= 11 is 10.9. The van der Waals surface area contributed by atoms with Crippen LogP contribution in [0.15, 0.2) is 42.5 Å². The fourth-order valence-corrected chi connectivity index (χ4v) is 2.06. The summed E-state index contributed by atoms with van der Waals surface area (Å²) in [6.45, 7) is 0.531. The zero-order chi connectivity index (χ0) is 13.0. The van der Waals surface area contributed by atoms with Crippen LogP contribution in [0.3, 0.4) is 0 Å². The number of halogens is 2. The molecule has 0 fully saturated rings. The molecule has 94 valence electrons. The lowest BCUT2D eigenvalue weighted by Gasteiger charge is -2.08. The van der Waals surface area contributed by atoms with Crippen LogP contribution >= 0.6 is 23.2 Å². The second kappa shape index (κ2) is 6.07. The van der Waals surface area contributed by atoms with E-state index in [0.717, 1.165) is 6.42 Å². The van der Waals surface area contributed by atoms with E-state index in [4.69, 9.17) is 23.2 Å². The number of nitrogens with one attached hydrogen (secondary N) is 1. The molecule has 2 nitrogen and oxygen atoms in total. The first-order valence-corrected chi connectivity index (χ1v) is 6.58. The molecule has 4 heteroatoms. The molecular weight excluding hydrogens is 269 g/mol. The first-order valence-electron chi connectivity index (χ1n) is 5.71. The molecule has 1 N–H and O–H groups in total. The van der Waals surface area contributed by atoms with E-state index in [1.807, 2.05) is 18.2 Å². The zero-order valence-electron chi connectivity index (χ0n) is 9.70. The Labute approximate surface area is 116 Å². The summed E-state index contributed by atoms with van der Waals surface area (Å²) in [6, 6.07) is 14.3. The van der Waals surface area contributed by atoms with Gasteiger partial charge in [0, 0.05) is 6.54 Å². The normalized spacial score (nSPS) is 10.8. The number of fused-ring (bicyclic) bond motifs is 1. The van der Waals surface area contributed by atoms with Crippen LogP contribution in [0.25, 0.3) is 10.8 Å². The molecule has 0 bridgehead atoms. The first-order chi connectivity index (χ1) is 8.68. The molecule has 0 saturated carbocycles. The molecule has 2 aromatic rings. The molecule has 0 heterocycles. The molecule has 0 unspecified atom stereocenters. The molecule has 0 aliphatic rings. The van der Waals surface area contributed by atoms with Crippen LogP contribution < -0.4 is 5.32 Å². The van der Waals surface area contributed by atoms with Crippen molar-refractivity contribution in [2.24, 2.45) is 0 Å². The second-order valence-electron chi connectivity index (χ2n) is 3.98. The molecule has 2 rings (SSSR count). The number of carbonyl (C=O) groups excluding carboxylic acids is 1. The molecule has 0 aromatic heterocycles. The number of hydrogen-bond acceptors (Lipinski definition) is 1. The Hall–Kier alpha value is -1.25. The van der Waals surface area contributed by atoms with Crippen molar-refractivity contribution in [1.82, 2.24) is 5.32 Å². The van der Waals surface area contributed by atoms with Crippen LogP contribution in [0.4, 0.5) is 0 Å². The predicted molar refractivity (Wildman–Crippen MR) is 76.2 cm³/mol. The largest absolute Gasteiger partial charge is 0.353 e. The van der Waals surface area contributed by atoms with E-state index in [2.05, 4.69) is 29.6 Å². The summed E-state index contributed by atoms with van der Waals surface area (Å²) in [5.41, 5.74) is 1.20. The van der Waals surface area contributed by atoms with Gasteiger partial charge in [-0.2, -0.15) is 0 Å². The average Bonchev–Trinajstić information content (AvgIpc) is 2.38. The van der Waals surface area contributed by atoms with E-state index in [9.17, 15) is 4.79 Å². The van der Waals surface area contributed by atoms with Crippen molar-refractivity contribution in [1.29, 1.82) is 0 Å². The molecular formula is C14H13Cl2NO. The Bertz CT molecular complexity index is 549. The van der Waals surface area contributed by atoms with E-state index in [0.29, 0.717) is 6.54 Å². The minimum absolute atomic E-state index is 0.349. The molecule has 18 heavy (non-hydrogen) atoms. The van der Waals surface area contributed by atoms with Crippen molar-refractivity contribution in [3.8, 4) is 0 Å². The monoisotopic (exact) mass is 281 g/mol. The Kier molecular flexibility index (Phi) is 4.45. The molecule has 0 spiro atoms. The van der Waals surface area contributed by atoms with Gasteiger partial charge in [-0.3, -0.25) is 4.79 Å². The second-order valence-corrected chi connectivity index (χ2v) is 5.08. The third-order valence-electron chi connectivity index (χ3n) is 2.77. The van der Waals surface area contributed by atoms with Gasteiger partial charge in [0.2, 0.25) is 0 Å². The third kappa shape index (κ3) is 3.15. The molecule has 0 aliphatic heterocycles. The van der Waals surface area contributed by atoms with Gasteiger partial charge in [0.15, 0.2) is 4.84 Å². The number of carbonyl (C=O) groups is 1. The Morgan fingerprint density at radius 1 is 1.11 bits per heavy atom. The highest BCUT2D eigenvalue weighted by molar-refractivity contribution is 6.53. The summed E-state index contributed by atoms with van der Waals surface area (Å²) in [6.07, 6.45) is 0.758. The molecule has 0 aliphatic carbocycles. The molecule has 0 radical (unpaired) electrons. The van der Waals surface area contributed by atoms with E-state index in [1.54, 1.807) is 0 Å². The highest BCUT2D eigenvalue weighted by atomic mass is 35.5. The van der Waals surface area contributed by atoms with Crippen LogP contribution in [-0.4, -0.2) is 17.3 Å². The van der Waals surface area contributed by atoms with E-state index in [-0.39, 0.29) is 5.91 Å². The fraction of sp³-hybridized carbons (Fsp3) is 0.214. The molecule has 2 aromatic carbocycles. The number of rotatable bonds is 4. The minimum Gasteiger partial charge on any atom is -0.353 e. The fourth-order valence-electron chi connectivity index (χ4n) is 1.91. The summed E-state index contributed by atoms with van der Waals surface area (Å²) < 4.78 is 0. The van der Waals surface area contributed by atoms with E-state index >= 15 is 0 Å². The van der Waals surface area contributed by atoms with Crippen molar-refractivity contribution in [2.45, 2.75) is 11.3 Å². The zero-order valence-corrected chi connectivity index (χ0v) is 11.2. The van der Waals surface area contributed by atoms with Crippen molar-refractivity contribution in [3.05, 3.63) is 48.0 Å². The van der Waals surface area contributed by atoms with Gasteiger partial charge in [-0.1, -0.05) is 65.7 Å². The van der Waals surface area contributed by atoms with Gasteiger partial charge in [-0.15, -0.1) is 0 Å². The topological polar surface area (TPSA) is 29.1 Å². The summed E-state index contributed by atoms with van der Waals surface area (Å²) in [5.74, 6) is -0.349. The van der Waals surface area contributed by atoms with Crippen LogP contribution in [0.1, 0.15) is 5.56 Å². The Morgan fingerprint density at radius 3 is 2.61 bits per heavy atom. The van der Waals surface area contributed by atoms with Crippen molar-refractivity contribution in [3.63, 3.8) is 0 Å². The number of amides is 1. The minimum atomic E-state index is -1.00. The summed E-state index contributed by atoms with van der Waals surface area (Å²) in [7, 11) is 0.